The third kappa shape index (κ3) is 3.45. The highest BCUT2D eigenvalue weighted by Crippen LogP contribution is 2.63. The summed E-state index contributed by atoms with van der Waals surface area (Å²) in [6.45, 7) is 6.41. The summed E-state index contributed by atoms with van der Waals surface area (Å²) in [7, 11) is 1.90. The van der Waals surface area contributed by atoms with E-state index in [0.717, 1.165) is 55.0 Å². The van der Waals surface area contributed by atoms with Crippen LogP contribution in [0.4, 0.5) is 0 Å². The SMILES string of the molecule is Cc1ccc(C#CC(=O)N(C)[C@H]2CC[C@H]3[C@H]4Cc5c(O)ccc6c5[C@@]3(CCN4CC3CC3)[C@H]2O6)cc1C. The predicted octanol–water partition coefficient (Wildman–Crippen LogP) is 4.34. The van der Waals surface area contributed by atoms with Gasteiger partial charge in [0.25, 0.3) is 5.91 Å². The molecule has 0 unspecified atom stereocenters. The van der Waals surface area contributed by atoms with Crippen molar-refractivity contribution in [3.8, 4) is 23.3 Å². The van der Waals surface area contributed by atoms with E-state index < -0.39 is 0 Å². The third-order valence-electron chi connectivity index (χ3n) is 10.2. The fourth-order valence-corrected chi connectivity index (χ4v) is 8.05. The summed E-state index contributed by atoms with van der Waals surface area (Å²) in [4.78, 5) is 17.9. The Hall–Kier alpha value is -2.97. The monoisotopic (exact) mass is 496 g/mol. The molecule has 0 aromatic heterocycles. The van der Waals surface area contributed by atoms with Crippen LogP contribution in [-0.2, 0) is 16.6 Å². The molecular weight excluding hydrogens is 460 g/mol. The maximum Gasteiger partial charge on any atom is 0.298 e. The topological polar surface area (TPSA) is 53.0 Å². The number of nitrogens with zero attached hydrogens (tertiary/aromatic N) is 2. The molecule has 3 aliphatic carbocycles. The van der Waals surface area contributed by atoms with Crippen molar-refractivity contribution < 1.29 is 14.6 Å². The average Bonchev–Trinajstić information content (AvgIpc) is 3.65. The molecule has 2 saturated carbocycles. The molecular formula is C32H36N2O3. The molecule has 1 spiro atoms. The summed E-state index contributed by atoms with van der Waals surface area (Å²) in [6, 6.07) is 10.2. The lowest BCUT2D eigenvalue weighted by atomic mass is 9.51. The minimum Gasteiger partial charge on any atom is -0.508 e. The van der Waals surface area contributed by atoms with E-state index in [2.05, 4.69) is 36.7 Å². The first kappa shape index (κ1) is 23.2. The smallest absolute Gasteiger partial charge is 0.298 e. The molecule has 1 saturated heterocycles. The minimum absolute atomic E-state index is 0.0334. The number of phenolic OH excluding ortho intramolecular Hbond substituents is 1. The van der Waals surface area contributed by atoms with Crippen LogP contribution in [0.3, 0.4) is 0 Å². The Bertz CT molecular complexity index is 1350. The van der Waals surface area contributed by atoms with Crippen LogP contribution < -0.4 is 4.74 Å². The predicted molar refractivity (Wildman–Crippen MR) is 143 cm³/mol. The average molecular weight is 497 g/mol. The zero-order valence-electron chi connectivity index (χ0n) is 22.1. The summed E-state index contributed by atoms with van der Waals surface area (Å²) in [5, 5.41) is 10.9. The molecule has 37 heavy (non-hydrogen) atoms. The van der Waals surface area contributed by atoms with E-state index in [0.29, 0.717) is 17.7 Å². The molecule has 2 aromatic rings. The van der Waals surface area contributed by atoms with Gasteiger partial charge in [-0.2, -0.15) is 0 Å². The number of carbonyl (C=O) groups excluding carboxylic acids is 1. The van der Waals surface area contributed by atoms with Crippen LogP contribution in [0.1, 0.15) is 59.9 Å². The number of ether oxygens (including phenoxy) is 1. The number of rotatable bonds is 3. The molecule has 2 aromatic carbocycles. The molecule has 5 atom stereocenters. The number of carbonyl (C=O) groups is 1. The lowest BCUT2D eigenvalue weighted by molar-refractivity contribution is -0.134. The van der Waals surface area contributed by atoms with Gasteiger partial charge in [-0.05, 0) is 106 Å². The van der Waals surface area contributed by atoms with E-state index >= 15 is 0 Å². The Balaban J connectivity index is 1.22. The lowest BCUT2D eigenvalue weighted by Crippen LogP contribution is -2.69. The second kappa shape index (κ2) is 8.27. The van der Waals surface area contributed by atoms with Crippen molar-refractivity contribution in [3.63, 3.8) is 0 Å². The number of likely N-dealkylation sites (tertiary alicyclic amines) is 1. The number of aryl methyl sites for hydroxylation is 2. The van der Waals surface area contributed by atoms with Gasteiger partial charge >= 0.3 is 0 Å². The maximum atomic E-state index is 13.3. The van der Waals surface area contributed by atoms with Crippen LogP contribution in [0.25, 0.3) is 0 Å². The highest BCUT2D eigenvalue weighted by atomic mass is 16.5. The highest BCUT2D eigenvalue weighted by molar-refractivity contribution is 5.94. The molecule has 7 rings (SSSR count). The van der Waals surface area contributed by atoms with Crippen LogP contribution in [0.5, 0.6) is 11.5 Å². The van der Waals surface area contributed by atoms with E-state index in [-0.39, 0.29) is 23.5 Å². The molecule has 2 bridgehead atoms. The second-order valence-electron chi connectivity index (χ2n) is 12.2. The van der Waals surface area contributed by atoms with E-state index in [1.54, 1.807) is 0 Å². The Kier molecular flexibility index (Phi) is 5.18. The van der Waals surface area contributed by atoms with Crippen molar-refractivity contribution >= 4 is 5.91 Å². The van der Waals surface area contributed by atoms with Gasteiger partial charge in [0, 0.05) is 47.7 Å². The highest BCUT2D eigenvalue weighted by Gasteiger charge is 2.66. The summed E-state index contributed by atoms with van der Waals surface area (Å²) < 4.78 is 6.77. The largest absolute Gasteiger partial charge is 0.508 e. The first-order valence-electron chi connectivity index (χ1n) is 14.0. The Labute approximate surface area is 219 Å². The van der Waals surface area contributed by atoms with Gasteiger partial charge in [-0.3, -0.25) is 9.69 Å². The second-order valence-corrected chi connectivity index (χ2v) is 12.2. The van der Waals surface area contributed by atoms with E-state index in [1.807, 2.05) is 36.2 Å². The standard InChI is InChI=1S/C32H36N2O3/c1-19-4-5-21(16-20(19)2)8-13-29(36)33(3)25-10-9-24-26-17-23-27(35)11-12-28-30(23)32(24,31(25)37-28)14-15-34(26)18-22-6-7-22/h4-5,11-12,16,22,24-26,31,35H,6-7,9-10,14-15,17-18H2,1-3H3/t24-,25-,26+,31-,32-/m0/s1. The molecule has 1 N–H and O–H groups in total. The minimum atomic E-state index is -0.153. The van der Waals surface area contributed by atoms with Crippen LogP contribution >= 0.6 is 0 Å². The number of benzene rings is 2. The van der Waals surface area contributed by atoms with Crippen molar-refractivity contribution in [2.45, 2.75) is 76.0 Å². The molecule has 2 aliphatic heterocycles. The van der Waals surface area contributed by atoms with Gasteiger partial charge in [-0.1, -0.05) is 12.0 Å². The number of aromatic hydroxyl groups is 1. The molecule has 192 valence electrons. The van der Waals surface area contributed by atoms with Crippen LogP contribution in [0.15, 0.2) is 30.3 Å². The van der Waals surface area contributed by atoms with Gasteiger partial charge in [0.05, 0.1) is 6.04 Å². The number of hydrogen-bond donors (Lipinski definition) is 1. The number of hydrogen-bond acceptors (Lipinski definition) is 4. The summed E-state index contributed by atoms with van der Waals surface area (Å²) in [6.07, 6.45) is 6.56. The van der Waals surface area contributed by atoms with Gasteiger partial charge in [0.1, 0.15) is 17.6 Å². The molecule has 1 amide bonds. The van der Waals surface area contributed by atoms with E-state index in [4.69, 9.17) is 4.74 Å². The van der Waals surface area contributed by atoms with E-state index in [9.17, 15) is 9.90 Å². The van der Waals surface area contributed by atoms with Crippen molar-refractivity contribution in [1.82, 2.24) is 9.80 Å². The Morgan fingerprint density at radius 2 is 2.00 bits per heavy atom. The quantitative estimate of drug-likeness (QED) is 0.643. The Morgan fingerprint density at radius 3 is 2.78 bits per heavy atom. The first-order chi connectivity index (χ1) is 17.9. The zero-order chi connectivity index (χ0) is 25.5. The Morgan fingerprint density at radius 1 is 1.16 bits per heavy atom. The number of piperidine rings is 1. The molecule has 5 nitrogen and oxygen atoms in total. The summed E-state index contributed by atoms with van der Waals surface area (Å²) >= 11 is 0. The van der Waals surface area contributed by atoms with Gasteiger partial charge in [0.2, 0.25) is 0 Å². The summed E-state index contributed by atoms with van der Waals surface area (Å²) in [5.41, 5.74) is 5.48. The normalized spacial score (nSPS) is 31.1. The first-order valence-corrected chi connectivity index (χ1v) is 14.0. The van der Waals surface area contributed by atoms with E-state index in [1.165, 1.54) is 36.1 Å². The lowest BCUT2D eigenvalue weighted by Gasteiger charge is -2.60. The van der Waals surface area contributed by atoms with Crippen molar-refractivity contribution in [2.24, 2.45) is 11.8 Å². The van der Waals surface area contributed by atoms with Crippen LogP contribution in [-0.4, -0.2) is 59.1 Å². The summed E-state index contributed by atoms with van der Waals surface area (Å²) in [5.74, 6) is 8.53. The van der Waals surface area contributed by atoms with Crippen molar-refractivity contribution in [3.05, 3.63) is 58.1 Å². The molecule has 3 fully saturated rings. The van der Waals surface area contributed by atoms with Gasteiger partial charge in [0.15, 0.2) is 0 Å². The van der Waals surface area contributed by atoms with Crippen LogP contribution in [0, 0.1) is 37.5 Å². The molecule has 5 aliphatic rings. The zero-order valence-corrected chi connectivity index (χ0v) is 22.1. The van der Waals surface area contributed by atoms with Crippen molar-refractivity contribution in [2.75, 3.05) is 20.1 Å². The van der Waals surface area contributed by atoms with Gasteiger partial charge in [-0.25, -0.2) is 0 Å². The van der Waals surface area contributed by atoms with Gasteiger partial charge < -0.3 is 14.7 Å². The van der Waals surface area contributed by atoms with Gasteiger partial charge in [-0.15, -0.1) is 0 Å². The molecule has 0 radical (unpaired) electrons. The van der Waals surface area contributed by atoms with Crippen molar-refractivity contribution in [1.29, 1.82) is 0 Å². The fraction of sp³-hybridized carbons (Fsp3) is 0.531. The molecule has 2 heterocycles. The van der Waals surface area contributed by atoms with Crippen LogP contribution in [0.2, 0.25) is 0 Å². The fourth-order valence-electron chi connectivity index (χ4n) is 8.05. The number of likely N-dealkylation sites (N-methyl/N-ethyl adjacent to an activating group) is 1. The molecule has 5 heteroatoms. The number of phenols is 1. The third-order valence-corrected chi connectivity index (χ3v) is 10.2. The number of amides is 1. The maximum absolute atomic E-state index is 13.3.